The Morgan fingerprint density at radius 2 is 2.05 bits per heavy atom. The third-order valence-electron chi connectivity index (χ3n) is 2.86. The number of aromatic nitrogens is 2. The molecule has 2 rings (SSSR count). The van der Waals surface area contributed by atoms with Gasteiger partial charge in [0.25, 0.3) is 0 Å². The van der Waals surface area contributed by atoms with Crippen molar-refractivity contribution in [2.75, 3.05) is 5.73 Å². The van der Waals surface area contributed by atoms with E-state index in [0.717, 1.165) is 12.1 Å². The second-order valence-electron chi connectivity index (χ2n) is 5.18. The van der Waals surface area contributed by atoms with Crippen LogP contribution in [0.2, 0.25) is 5.02 Å². The highest BCUT2D eigenvalue weighted by molar-refractivity contribution is 6.31. The van der Waals surface area contributed by atoms with Crippen molar-refractivity contribution in [3.05, 3.63) is 52.2 Å². The molecule has 0 spiro atoms. The van der Waals surface area contributed by atoms with E-state index in [9.17, 15) is 4.39 Å². The Hall–Kier alpha value is -1.68. The number of nitrogens with zero attached hydrogens (tertiary/aromatic N) is 2. The maximum absolute atomic E-state index is 13.8. The van der Waals surface area contributed by atoms with Crippen LogP contribution in [-0.4, -0.2) is 9.97 Å². The van der Waals surface area contributed by atoms with Crippen LogP contribution >= 0.6 is 11.6 Å². The van der Waals surface area contributed by atoms with Gasteiger partial charge >= 0.3 is 0 Å². The molecule has 0 aliphatic carbocycles. The molecule has 0 fully saturated rings. The van der Waals surface area contributed by atoms with Crippen molar-refractivity contribution in [2.24, 2.45) is 5.92 Å². The monoisotopic (exact) mass is 293 g/mol. The molecule has 2 aromatic rings. The van der Waals surface area contributed by atoms with E-state index in [1.807, 2.05) is 0 Å². The van der Waals surface area contributed by atoms with Gasteiger partial charge in [-0.2, -0.15) is 0 Å². The Labute approximate surface area is 123 Å². The van der Waals surface area contributed by atoms with Crippen molar-refractivity contribution in [3.63, 3.8) is 0 Å². The number of rotatable bonds is 4. The standard InChI is InChI=1S/C15H17ClFN3/c1-9(2)6-10-7-14(18)20-15(19-10)8-11-12(16)4-3-5-13(11)17/h3-5,7,9H,6,8H2,1-2H3,(H2,18,19,20). The molecular weight excluding hydrogens is 277 g/mol. The van der Waals surface area contributed by atoms with Gasteiger partial charge in [0.15, 0.2) is 0 Å². The fourth-order valence-electron chi connectivity index (χ4n) is 2.04. The molecular formula is C15H17ClFN3. The lowest BCUT2D eigenvalue weighted by molar-refractivity contribution is 0.609. The third kappa shape index (κ3) is 3.67. The fourth-order valence-corrected chi connectivity index (χ4v) is 2.27. The third-order valence-corrected chi connectivity index (χ3v) is 3.21. The molecule has 0 unspecified atom stereocenters. The topological polar surface area (TPSA) is 51.8 Å². The summed E-state index contributed by atoms with van der Waals surface area (Å²) in [6.07, 6.45) is 1.05. The first-order valence-electron chi connectivity index (χ1n) is 6.51. The SMILES string of the molecule is CC(C)Cc1cc(N)nc(Cc2c(F)cccc2Cl)n1. The largest absolute Gasteiger partial charge is 0.384 e. The minimum absolute atomic E-state index is 0.238. The molecule has 2 N–H and O–H groups in total. The summed E-state index contributed by atoms with van der Waals surface area (Å²) in [5.74, 6) is 1.01. The maximum Gasteiger partial charge on any atom is 0.135 e. The molecule has 0 amide bonds. The molecule has 0 atom stereocenters. The Morgan fingerprint density at radius 1 is 1.30 bits per heavy atom. The quantitative estimate of drug-likeness (QED) is 0.936. The van der Waals surface area contributed by atoms with Gasteiger partial charge < -0.3 is 5.73 Å². The number of nitrogen functional groups attached to an aromatic ring is 1. The molecule has 1 aromatic heterocycles. The van der Waals surface area contributed by atoms with Gasteiger partial charge in [-0.05, 0) is 24.5 Å². The average molecular weight is 294 g/mol. The summed E-state index contributed by atoms with van der Waals surface area (Å²) in [5.41, 5.74) is 7.06. The zero-order valence-electron chi connectivity index (χ0n) is 11.5. The summed E-state index contributed by atoms with van der Waals surface area (Å²) in [5, 5.41) is 0.376. The summed E-state index contributed by atoms with van der Waals surface area (Å²) in [6, 6.07) is 6.36. The van der Waals surface area contributed by atoms with E-state index in [-0.39, 0.29) is 12.2 Å². The van der Waals surface area contributed by atoms with Crippen LogP contribution in [0.15, 0.2) is 24.3 Å². The van der Waals surface area contributed by atoms with Gasteiger partial charge in [0.2, 0.25) is 0 Å². The highest BCUT2D eigenvalue weighted by atomic mass is 35.5. The lowest BCUT2D eigenvalue weighted by Gasteiger charge is -2.09. The second-order valence-corrected chi connectivity index (χ2v) is 5.58. The highest BCUT2D eigenvalue weighted by Gasteiger charge is 2.11. The fraction of sp³-hybridized carbons (Fsp3) is 0.333. The van der Waals surface area contributed by atoms with E-state index < -0.39 is 0 Å². The molecule has 20 heavy (non-hydrogen) atoms. The molecule has 0 aliphatic rings. The molecule has 0 bridgehead atoms. The summed E-state index contributed by atoms with van der Waals surface area (Å²) < 4.78 is 13.8. The van der Waals surface area contributed by atoms with E-state index in [1.54, 1.807) is 18.2 Å². The first-order valence-corrected chi connectivity index (χ1v) is 6.88. The number of hydrogen-bond donors (Lipinski definition) is 1. The van der Waals surface area contributed by atoms with Crippen LogP contribution in [0.4, 0.5) is 10.2 Å². The summed E-state index contributed by atoms with van der Waals surface area (Å²) >= 11 is 6.02. The minimum Gasteiger partial charge on any atom is -0.384 e. The Balaban J connectivity index is 2.31. The van der Waals surface area contributed by atoms with Gasteiger partial charge in [0, 0.05) is 28.8 Å². The van der Waals surface area contributed by atoms with Gasteiger partial charge in [0.1, 0.15) is 17.5 Å². The average Bonchev–Trinajstić information content (AvgIpc) is 2.32. The van der Waals surface area contributed by atoms with E-state index in [1.165, 1.54) is 6.07 Å². The first-order chi connectivity index (χ1) is 9.45. The lowest BCUT2D eigenvalue weighted by Crippen LogP contribution is -2.07. The van der Waals surface area contributed by atoms with Crippen molar-refractivity contribution in [1.29, 1.82) is 0 Å². The molecule has 3 nitrogen and oxygen atoms in total. The smallest absolute Gasteiger partial charge is 0.135 e. The molecule has 1 aromatic carbocycles. The van der Waals surface area contributed by atoms with Gasteiger partial charge in [-0.15, -0.1) is 0 Å². The van der Waals surface area contributed by atoms with Crippen LogP contribution in [0, 0.1) is 11.7 Å². The van der Waals surface area contributed by atoms with Gasteiger partial charge in [0.05, 0.1) is 0 Å². The van der Waals surface area contributed by atoms with Crippen molar-refractivity contribution in [3.8, 4) is 0 Å². The van der Waals surface area contributed by atoms with Crippen LogP contribution in [0.5, 0.6) is 0 Å². The normalized spacial score (nSPS) is 11.1. The summed E-state index contributed by atoms with van der Waals surface area (Å²) in [4.78, 5) is 8.59. The maximum atomic E-state index is 13.8. The summed E-state index contributed by atoms with van der Waals surface area (Å²) in [6.45, 7) is 4.21. The second kappa shape index (κ2) is 6.18. The van der Waals surface area contributed by atoms with Gasteiger partial charge in [-0.3, -0.25) is 0 Å². The molecule has 106 valence electrons. The number of anilines is 1. The molecule has 0 saturated heterocycles. The molecule has 5 heteroatoms. The zero-order valence-corrected chi connectivity index (χ0v) is 12.3. The number of halogens is 2. The van der Waals surface area contributed by atoms with Crippen LogP contribution in [0.25, 0.3) is 0 Å². The summed E-state index contributed by atoms with van der Waals surface area (Å²) in [7, 11) is 0. The lowest BCUT2D eigenvalue weighted by atomic mass is 10.1. The van der Waals surface area contributed by atoms with Crippen molar-refractivity contribution in [2.45, 2.75) is 26.7 Å². The predicted molar refractivity (Wildman–Crippen MR) is 79.2 cm³/mol. The molecule has 0 saturated carbocycles. The Kier molecular flexibility index (Phi) is 4.55. The first kappa shape index (κ1) is 14.7. The van der Waals surface area contributed by atoms with Crippen LogP contribution in [0.3, 0.4) is 0 Å². The van der Waals surface area contributed by atoms with Gasteiger partial charge in [-0.25, -0.2) is 14.4 Å². The van der Waals surface area contributed by atoms with Crippen LogP contribution < -0.4 is 5.73 Å². The van der Waals surface area contributed by atoms with Crippen molar-refractivity contribution in [1.82, 2.24) is 9.97 Å². The van der Waals surface area contributed by atoms with Crippen LogP contribution in [-0.2, 0) is 12.8 Å². The van der Waals surface area contributed by atoms with Crippen LogP contribution in [0.1, 0.15) is 30.9 Å². The molecule has 1 heterocycles. The number of hydrogen-bond acceptors (Lipinski definition) is 3. The molecule has 0 radical (unpaired) electrons. The zero-order chi connectivity index (χ0) is 14.7. The number of benzene rings is 1. The van der Waals surface area contributed by atoms with E-state index in [0.29, 0.717) is 28.1 Å². The van der Waals surface area contributed by atoms with Gasteiger partial charge in [-0.1, -0.05) is 31.5 Å². The highest BCUT2D eigenvalue weighted by Crippen LogP contribution is 2.21. The minimum atomic E-state index is -0.353. The Bertz CT molecular complexity index is 594. The Morgan fingerprint density at radius 3 is 2.70 bits per heavy atom. The number of nitrogens with two attached hydrogens (primary N) is 1. The van der Waals surface area contributed by atoms with Crippen molar-refractivity contribution < 1.29 is 4.39 Å². The van der Waals surface area contributed by atoms with E-state index in [4.69, 9.17) is 17.3 Å². The van der Waals surface area contributed by atoms with Crippen molar-refractivity contribution >= 4 is 17.4 Å². The molecule has 0 aliphatic heterocycles. The van der Waals surface area contributed by atoms with E-state index >= 15 is 0 Å². The predicted octanol–water partition coefficient (Wildman–Crippen LogP) is 3.64. The van der Waals surface area contributed by atoms with E-state index in [2.05, 4.69) is 23.8 Å².